The summed E-state index contributed by atoms with van der Waals surface area (Å²) in [7, 11) is -3.93. The van der Waals surface area contributed by atoms with Crippen molar-refractivity contribution in [2.24, 2.45) is 5.73 Å². The average molecular weight is 327 g/mol. The van der Waals surface area contributed by atoms with Gasteiger partial charge >= 0.3 is 10.2 Å². The molecule has 9 heteroatoms. The molecule has 0 aliphatic carbocycles. The van der Waals surface area contributed by atoms with E-state index in [1.165, 1.54) is 12.1 Å². The summed E-state index contributed by atoms with van der Waals surface area (Å²) in [5.41, 5.74) is 5.91. The van der Waals surface area contributed by atoms with Gasteiger partial charge < -0.3 is 10.8 Å². The highest BCUT2D eigenvalue weighted by molar-refractivity contribution is 7.92. The van der Waals surface area contributed by atoms with Crippen molar-refractivity contribution in [1.82, 2.24) is 4.72 Å². The van der Waals surface area contributed by atoms with Gasteiger partial charge in [0, 0.05) is 6.42 Å². The predicted molar refractivity (Wildman–Crippen MR) is 79.3 cm³/mol. The molecule has 0 spiro atoms. The average Bonchev–Trinajstić information content (AvgIpc) is 2.67. The van der Waals surface area contributed by atoms with Crippen molar-refractivity contribution in [3.8, 4) is 5.75 Å². The Hall–Kier alpha value is -2.29. The number of aryl methyl sites for hydroxylation is 1. The molecule has 0 bridgehead atoms. The van der Waals surface area contributed by atoms with Crippen LogP contribution in [0, 0.1) is 0 Å². The molecule has 1 aliphatic rings. The number of amides is 2. The molecule has 1 aromatic carbocycles. The molecule has 1 aliphatic heterocycles. The lowest BCUT2D eigenvalue weighted by molar-refractivity contribution is -0.118. The van der Waals surface area contributed by atoms with Gasteiger partial charge in [-0.05, 0) is 37.0 Å². The minimum atomic E-state index is -3.93. The first-order valence-corrected chi connectivity index (χ1v) is 8.17. The smallest absolute Gasteiger partial charge is 0.326 e. The van der Waals surface area contributed by atoms with E-state index >= 15 is 0 Å². The van der Waals surface area contributed by atoms with Crippen LogP contribution in [0.25, 0.3) is 0 Å². The number of nitrogens with two attached hydrogens (primary N) is 1. The van der Waals surface area contributed by atoms with Gasteiger partial charge in [0.15, 0.2) is 0 Å². The van der Waals surface area contributed by atoms with Gasteiger partial charge in [-0.3, -0.25) is 9.59 Å². The molecule has 0 unspecified atom stereocenters. The van der Waals surface area contributed by atoms with Crippen LogP contribution in [0.1, 0.15) is 24.8 Å². The number of aromatic hydroxyl groups is 1. The summed E-state index contributed by atoms with van der Waals surface area (Å²) in [6.45, 7) is -0.353. The van der Waals surface area contributed by atoms with Crippen molar-refractivity contribution in [3.63, 3.8) is 0 Å². The van der Waals surface area contributed by atoms with Crippen LogP contribution < -0.4 is 14.8 Å². The van der Waals surface area contributed by atoms with Gasteiger partial charge in [0.1, 0.15) is 12.3 Å². The summed E-state index contributed by atoms with van der Waals surface area (Å²) in [5, 5.41) is 10.00. The minimum Gasteiger partial charge on any atom is -0.506 e. The fourth-order valence-corrected chi connectivity index (χ4v) is 3.39. The van der Waals surface area contributed by atoms with Gasteiger partial charge in [0.2, 0.25) is 5.91 Å². The van der Waals surface area contributed by atoms with E-state index < -0.39 is 16.1 Å². The Balaban J connectivity index is 2.07. The molecule has 1 fully saturated rings. The number of rotatable bonds is 6. The van der Waals surface area contributed by atoms with Crippen LogP contribution in [0.4, 0.5) is 5.69 Å². The summed E-state index contributed by atoms with van der Waals surface area (Å²) in [6, 6.07) is 4.59. The number of nitrogens with one attached hydrogen (secondary N) is 1. The molecule has 2 amide bonds. The summed E-state index contributed by atoms with van der Waals surface area (Å²) in [6.07, 6.45) is 2.31. The third-order valence-corrected chi connectivity index (χ3v) is 4.66. The Bertz CT molecular complexity index is 702. The number of phenols is 1. The molecular formula is C13H17N3O5S. The lowest BCUT2D eigenvalue weighted by atomic mass is 10.1. The Morgan fingerprint density at radius 2 is 2.09 bits per heavy atom. The fourth-order valence-electron chi connectivity index (χ4n) is 2.23. The summed E-state index contributed by atoms with van der Waals surface area (Å²) in [5.74, 6) is -1.21. The van der Waals surface area contributed by atoms with Gasteiger partial charge in [-0.25, -0.2) is 9.03 Å². The standard InChI is InChI=1S/C13H17N3O5S/c14-12(18)4-2-1-3-9-5-6-10(11(17)7-9)16-8-13(19)15-22(16,20)21/h5-7,17H,1-4,8H2,(H2,14,18)(H,15,19). The van der Waals surface area contributed by atoms with E-state index in [1.54, 1.807) is 6.07 Å². The summed E-state index contributed by atoms with van der Waals surface area (Å²) in [4.78, 5) is 21.8. The van der Waals surface area contributed by atoms with E-state index in [9.17, 15) is 23.1 Å². The Morgan fingerprint density at radius 3 is 2.64 bits per heavy atom. The zero-order valence-electron chi connectivity index (χ0n) is 11.8. The number of nitrogens with zero attached hydrogens (tertiary/aromatic N) is 1. The third kappa shape index (κ3) is 3.67. The van der Waals surface area contributed by atoms with Crippen LogP contribution in [0.15, 0.2) is 18.2 Å². The van der Waals surface area contributed by atoms with Gasteiger partial charge in [0.05, 0.1) is 5.69 Å². The van der Waals surface area contributed by atoms with Crippen LogP contribution in [0.3, 0.4) is 0 Å². The first kappa shape index (κ1) is 16.1. The van der Waals surface area contributed by atoms with Crippen LogP contribution in [-0.4, -0.2) is 31.9 Å². The van der Waals surface area contributed by atoms with Gasteiger partial charge in [0.25, 0.3) is 5.91 Å². The van der Waals surface area contributed by atoms with E-state index in [2.05, 4.69) is 0 Å². The highest BCUT2D eigenvalue weighted by atomic mass is 32.2. The molecule has 0 aromatic heterocycles. The lowest BCUT2D eigenvalue weighted by Crippen LogP contribution is -2.29. The number of carbonyl (C=O) groups is 2. The molecule has 2 rings (SSSR count). The van der Waals surface area contributed by atoms with Crippen LogP contribution in [0.5, 0.6) is 5.75 Å². The van der Waals surface area contributed by atoms with Crippen molar-refractivity contribution in [2.45, 2.75) is 25.7 Å². The van der Waals surface area contributed by atoms with E-state index in [0.29, 0.717) is 19.3 Å². The molecule has 1 saturated heterocycles. The first-order valence-electron chi connectivity index (χ1n) is 6.73. The number of primary amides is 1. The maximum absolute atomic E-state index is 11.7. The number of carbonyl (C=O) groups excluding carboxylic acids is 2. The molecule has 0 saturated carbocycles. The number of hydrogen-bond acceptors (Lipinski definition) is 5. The van der Waals surface area contributed by atoms with Crippen molar-refractivity contribution in [3.05, 3.63) is 23.8 Å². The quantitative estimate of drug-likeness (QED) is 0.621. The zero-order chi connectivity index (χ0) is 16.3. The molecule has 4 N–H and O–H groups in total. The number of phenolic OH excluding ortho intramolecular Hbond substituents is 1. The van der Waals surface area contributed by atoms with Gasteiger partial charge in [-0.1, -0.05) is 6.07 Å². The molecule has 120 valence electrons. The number of unbranched alkanes of at least 4 members (excludes halogenated alkanes) is 1. The molecular weight excluding hydrogens is 310 g/mol. The first-order chi connectivity index (χ1) is 10.3. The predicted octanol–water partition coefficient (Wildman–Crippen LogP) is -0.229. The highest BCUT2D eigenvalue weighted by Gasteiger charge is 2.35. The van der Waals surface area contributed by atoms with Crippen LogP contribution >= 0.6 is 0 Å². The number of hydrogen-bond donors (Lipinski definition) is 3. The normalized spacial score (nSPS) is 16.5. The Morgan fingerprint density at radius 1 is 1.36 bits per heavy atom. The third-order valence-electron chi connectivity index (χ3n) is 3.27. The van der Waals surface area contributed by atoms with E-state index in [1.807, 2.05) is 4.72 Å². The molecule has 8 nitrogen and oxygen atoms in total. The van der Waals surface area contributed by atoms with Gasteiger partial charge in [-0.2, -0.15) is 8.42 Å². The summed E-state index contributed by atoms with van der Waals surface area (Å²) < 4.78 is 26.1. The summed E-state index contributed by atoms with van der Waals surface area (Å²) >= 11 is 0. The van der Waals surface area contributed by atoms with Crippen molar-refractivity contribution >= 4 is 27.7 Å². The lowest BCUT2D eigenvalue weighted by Gasteiger charge is -2.16. The van der Waals surface area contributed by atoms with E-state index in [4.69, 9.17) is 5.73 Å². The number of anilines is 1. The topological polar surface area (TPSA) is 130 Å². The van der Waals surface area contributed by atoms with E-state index in [0.717, 1.165) is 16.3 Å². The Labute approximate surface area is 128 Å². The largest absolute Gasteiger partial charge is 0.506 e. The van der Waals surface area contributed by atoms with E-state index in [-0.39, 0.29) is 23.9 Å². The second kappa shape index (κ2) is 6.22. The second-order valence-electron chi connectivity index (χ2n) is 5.03. The fraction of sp³-hybridized carbons (Fsp3) is 0.385. The second-order valence-corrected chi connectivity index (χ2v) is 6.63. The zero-order valence-corrected chi connectivity index (χ0v) is 12.6. The van der Waals surface area contributed by atoms with Crippen molar-refractivity contribution < 1.29 is 23.1 Å². The maximum Gasteiger partial charge on any atom is 0.326 e. The van der Waals surface area contributed by atoms with Crippen molar-refractivity contribution in [2.75, 3.05) is 10.8 Å². The monoisotopic (exact) mass is 327 g/mol. The van der Waals surface area contributed by atoms with Crippen LogP contribution in [-0.2, 0) is 26.2 Å². The molecule has 1 heterocycles. The molecule has 0 radical (unpaired) electrons. The highest BCUT2D eigenvalue weighted by Crippen LogP contribution is 2.31. The molecule has 0 atom stereocenters. The van der Waals surface area contributed by atoms with Gasteiger partial charge in [-0.15, -0.1) is 0 Å². The maximum atomic E-state index is 11.7. The number of benzene rings is 1. The van der Waals surface area contributed by atoms with Crippen molar-refractivity contribution in [1.29, 1.82) is 0 Å². The minimum absolute atomic E-state index is 0.0548. The molecule has 1 aromatic rings. The SMILES string of the molecule is NC(=O)CCCCc1ccc(N2CC(=O)NS2(=O)=O)c(O)c1. The van der Waals surface area contributed by atoms with Crippen LogP contribution in [0.2, 0.25) is 0 Å². The Kier molecular flexibility index (Phi) is 4.55. The molecule has 22 heavy (non-hydrogen) atoms.